The van der Waals surface area contributed by atoms with Gasteiger partial charge in [0, 0.05) is 13.1 Å². The molecule has 0 saturated carbocycles. The molecule has 0 aliphatic carbocycles. The van der Waals surface area contributed by atoms with Crippen molar-refractivity contribution < 1.29 is 9.90 Å². The van der Waals surface area contributed by atoms with Crippen molar-refractivity contribution in [3.8, 4) is 0 Å². The van der Waals surface area contributed by atoms with Crippen molar-refractivity contribution in [2.75, 3.05) is 19.6 Å². The molecular weight excluding hydrogens is 202 g/mol. The molecule has 94 valence electrons. The first kappa shape index (κ1) is 13.5. The Hall–Kier alpha value is -0.570. The summed E-state index contributed by atoms with van der Waals surface area (Å²) in [5, 5.41) is 9.33. The van der Waals surface area contributed by atoms with Crippen molar-refractivity contribution in [2.45, 2.75) is 47.0 Å². The third-order valence-electron chi connectivity index (χ3n) is 3.65. The summed E-state index contributed by atoms with van der Waals surface area (Å²) in [6, 6.07) is 0. The van der Waals surface area contributed by atoms with Gasteiger partial charge in [-0.25, -0.2) is 0 Å². The molecule has 0 spiro atoms. The van der Waals surface area contributed by atoms with Crippen molar-refractivity contribution in [2.24, 2.45) is 10.8 Å². The Morgan fingerprint density at radius 2 is 2.12 bits per heavy atom. The number of hydrogen-bond donors (Lipinski definition) is 1. The molecule has 1 N–H and O–H groups in total. The van der Waals surface area contributed by atoms with Crippen LogP contribution in [0.2, 0.25) is 0 Å². The molecule has 1 aliphatic heterocycles. The lowest BCUT2D eigenvalue weighted by atomic mass is 9.85. The Bertz CT molecular complexity index is 263. The molecule has 1 heterocycles. The maximum absolute atomic E-state index is 11.3. The van der Waals surface area contributed by atoms with Gasteiger partial charge in [0.2, 0.25) is 0 Å². The smallest absolute Gasteiger partial charge is 0.310 e. The van der Waals surface area contributed by atoms with E-state index in [1.807, 2.05) is 6.92 Å². The van der Waals surface area contributed by atoms with Crippen molar-refractivity contribution in [1.29, 1.82) is 0 Å². The molecule has 0 radical (unpaired) electrons. The topological polar surface area (TPSA) is 40.5 Å². The van der Waals surface area contributed by atoms with Crippen molar-refractivity contribution in [3.05, 3.63) is 0 Å². The Labute approximate surface area is 98.8 Å². The fourth-order valence-electron chi connectivity index (χ4n) is 2.66. The SMILES string of the molecule is CCCC(C)(CN1CCC(C)(C)C1)C(=O)O. The van der Waals surface area contributed by atoms with Gasteiger partial charge in [0.1, 0.15) is 0 Å². The van der Waals surface area contributed by atoms with Crippen LogP contribution >= 0.6 is 0 Å². The molecule has 3 nitrogen and oxygen atoms in total. The lowest BCUT2D eigenvalue weighted by Crippen LogP contribution is -2.40. The van der Waals surface area contributed by atoms with E-state index in [0.29, 0.717) is 12.0 Å². The van der Waals surface area contributed by atoms with Crippen LogP contribution in [0.3, 0.4) is 0 Å². The lowest BCUT2D eigenvalue weighted by molar-refractivity contribution is -0.149. The maximum atomic E-state index is 11.3. The van der Waals surface area contributed by atoms with Crippen molar-refractivity contribution >= 4 is 5.97 Å². The van der Waals surface area contributed by atoms with E-state index in [1.165, 1.54) is 6.42 Å². The van der Waals surface area contributed by atoms with Gasteiger partial charge in [0.25, 0.3) is 0 Å². The minimum absolute atomic E-state index is 0.353. The highest BCUT2D eigenvalue weighted by Crippen LogP contribution is 2.33. The normalized spacial score (nSPS) is 24.2. The third-order valence-corrected chi connectivity index (χ3v) is 3.65. The van der Waals surface area contributed by atoms with E-state index >= 15 is 0 Å². The molecule has 0 aromatic rings. The number of carboxylic acids is 1. The quantitative estimate of drug-likeness (QED) is 0.785. The molecule has 3 heteroatoms. The molecular formula is C13H25NO2. The predicted octanol–water partition coefficient (Wildman–Crippen LogP) is 2.61. The highest BCUT2D eigenvalue weighted by Gasteiger charge is 2.38. The number of rotatable bonds is 5. The van der Waals surface area contributed by atoms with Gasteiger partial charge < -0.3 is 10.0 Å². The van der Waals surface area contributed by atoms with E-state index in [9.17, 15) is 9.90 Å². The Morgan fingerprint density at radius 1 is 1.50 bits per heavy atom. The average molecular weight is 227 g/mol. The number of hydrogen-bond acceptors (Lipinski definition) is 2. The number of carbonyl (C=O) groups is 1. The second-order valence-corrected chi connectivity index (χ2v) is 6.24. The fourth-order valence-corrected chi connectivity index (χ4v) is 2.66. The van der Waals surface area contributed by atoms with Gasteiger partial charge in [-0.2, -0.15) is 0 Å². The molecule has 0 aromatic heterocycles. The van der Waals surface area contributed by atoms with Crippen LogP contribution in [0, 0.1) is 10.8 Å². The molecule has 0 bridgehead atoms. The van der Waals surface area contributed by atoms with Crippen LogP contribution < -0.4 is 0 Å². The molecule has 0 amide bonds. The molecule has 1 unspecified atom stereocenters. The van der Waals surface area contributed by atoms with Gasteiger partial charge in [0.15, 0.2) is 0 Å². The summed E-state index contributed by atoms with van der Waals surface area (Å²) < 4.78 is 0. The van der Waals surface area contributed by atoms with E-state index < -0.39 is 11.4 Å². The highest BCUT2D eigenvalue weighted by atomic mass is 16.4. The Balaban J connectivity index is 2.60. The third kappa shape index (κ3) is 3.21. The summed E-state index contributed by atoms with van der Waals surface area (Å²) in [5.41, 5.74) is -0.221. The predicted molar refractivity (Wildman–Crippen MR) is 65.5 cm³/mol. The van der Waals surface area contributed by atoms with Crippen LogP contribution in [0.15, 0.2) is 0 Å². The summed E-state index contributed by atoms with van der Waals surface area (Å²) in [5.74, 6) is -0.654. The van der Waals surface area contributed by atoms with Crippen LogP contribution in [-0.2, 0) is 4.79 Å². The van der Waals surface area contributed by atoms with Crippen LogP contribution in [0.4, 0.5) is 0 Å². The molecule has 1 aliphatic rings. The number of aliphatic carboxylic acids is 1. The van der Waals surface area contributed by atoms with Gasteiger partial charge in [-0.15, -0.1) is 0 Å². The van der Waals surface area contributed by atoms with Gasteiger partial charge in [-0.05, 0) is 31.7 Å². The van der Waals surface area contributed by atoms with Gasteiger partial charge in [-0.1, -0.05) is 27.2 Å². The largest absolute Gasteiger partial charge is 0.481 e. The van der Waals surface area contributed by atoms with Gasteiger partial charge in [0.05, 0.1) is 5.41 Å². The molecule has 1 saturated heterocycles. The van der Waals surface area contributed by atoms with Crippen molar-refractivity contribution in [3.63, 3.8) is 0 Å². The zero-order valence-corrected chi connectivity index (χ0v) is 11.0. The zero-order valence-electron chi connectivity index (χ0n) is 11.0. The van der Waals surface area contributed by atoms with Crippen LogP contribution in [0.25, 0.3) is 0 Å². The first-order chi connectivity index (χ1) is 7.29. The van der Waals surface area contributed by atoms with E-state index in [-0.39, 0.29) is 0 Å². The van der Waals surface area contributed by atoms with Crippen LogP contribution in [-0.4, -0.2) is 35.6 Å². The van der Waals surface area contributed by atoms with E-state index in [4.69, 9.17) is 0 Å². The Morgan fingerprint density at radius 3 is 2.50 bits per heavy atom. The Kier molecular flexibility index (Phi) is 4.00. The van der Waals surface area contributed by atoms with Gasteiger partial charge >= 0.3 is 5.97 Å². The molecule has 1 atom stereocenters. The second-order valence-electron chi connectivity index (χ2n) is 6.24. The van der Waals surface area contributed by atoms with Crippen molar-refractivity contribution in [1.82, 2.24) is 4.90 Å². The minimum Gasteiger partial charge on any atom is -0.481 e. The van der Waals surface area contributed by atoms with Gasteiger partial charge in [-0.3, -0.25) is 4.79 Å². The number of nitrogens with zero attached hydrogens (tertiary/aromatic N) is 1. The van der Waals surface area contributed by atoms with Crippen LogP contribution in [0.5, 0.6) is 0 Å². The highest BCUT2D eigenvalue weighted by molar-refractivity contribution is 5.74. The van der Waals surface area contributed by atoms with Crippen LogP contribution in [0.1, 0.15) is 47.0 Å². The summed E-state index contributed by atoms with van der Waals surface area (Å²) in [4.78, 5) is 13.6. The molecule has 1 fully saturated rings. The zero-order chi connectivity index (χ0) is 12.4. The minimum atomic E-state index is -0.654. The molecule has 1 rings (SSSR count). The molecule has 16 heavy (non-hydrogen) atoms. The fraction of sp³-hybridized carbons (Fsp3) is 0.923. The van der Waals surface area contributed by atoms with E-state index in [0.717, 1.165) is 25.9 Å². The standard InChI is InChI=1S/C13H25NO2/c1-5-6-13(4,11(15)16)10-14-8-7-12(2,3)9-14/h5-10H2,1-4H3,(H,15,16). The first-order valence-electron chi connectivity index (χ1n) is 6.25. The lowest BCUT2D eigenvalue weighted by Gasteiger charge is -2.30. The van der Waals surface area contributed by atoms with E-state index in [1.54, 1.807) is 0 Å². The summed E-state index contributed by atoms with van der Waals surface area (Å²) >= 11 is 0. The monoisotopic (exact) mass is 227 g/mol. The van der Waals surface area contributed by atoms with E-state index in [2.05, 4.69) is 25.7 Å². The molecule has 0 aromatic carbocycles. The average Bonchev–Trinajstić information content (AvgIpc) is 2.45. The number of carboxylic acid groups (broad SMARTS) is 1. The summed E-state index contributed by atoms with van der Waals surface area (Å²) in [7, 11) is 0. The number of likely N-dealkylation sites (tertiary alicyclic amines) is 1. The summed E-state index contributed by atoms with van der Waals surface area (Å²) in [6.45, 7) is 11.2. The second kappa shape index (κ2) is 4.74. The summed E-state index contributed by atoms with van der Waals surface area (Å²) in [6.07, 6.45) is 2.87. The maximum Gasteiger partial charge on any atom is 0.310 e. The first-order valence-corrected chi connectivity index (χ1v) is 6.25.